The molecule has 3 aromatic rings. The highest BCUT2D eigenvalue weighted by molar-refractivity contribution is 7.09. The van der Waals surface area contributed by atoms with Crippen molar-refractivity contribution in [3.05, 3.63) is 64.1 Å². The van der Waals surface area contributed by atoms with Crippen LogP contribution in [0, 0.1) is 12.7 Å². The minimum absolute atomic E-state index is 0.137. The molecule has 0 spiro atoms. The van der Waals surface area contributed by atoms with Gasteiger partial charge in [-0.3, -0.25) is 9.69 Å². The van der Waals surface area contributed by atoms with Crippen LogP contribution >= 0.6 is 11.3 Å². The first-order valence-electron chi connectivity index (χ1n) is 9.83. The first-order chi connectivity index (χ1) is 14.1. The van der Waals surface area contributed by atoms with Crippen molar-refractivity contribution in [3.63, 3.8) is 0 Å². The monoisotopic (exact) mass is 413 g/mol. The highest BCUT2D eigenvalue weighted by Crippen LogP contribution is 2.25. The number of hydrogen-bond acceptors (Lipinski definition) is 5. The van der Waals surface area contributed by atoms with Crippen molar-refractivity contribution in [1.29, 1.82) is 0 Å². The molecule has 29 heavy (non-hydrogen) atoms. The third kappa shape index (κ3) is 4.92. The van der Waals surface area contributed by atoms with Crippen LogP contribution in [0.4, 0.5) is 4.39 Å². The molecule has 5 nitrogen and oxygen atoms in total. The number of nitrogens with zero attached hydrogens (tertiary/aromatic N) is 3. The van der Waals surface area contributed by atoms with E-state index < -0.39 is 0 Å². The fourth-order valence-electron chi connectivity index (χ4n) is 3.57. The summed E-state index contributed by atoms with van der Waals surface area (Å²) in [6, 6.07) is 10.1. The zero-order valence-corrected chi connectivity index (χ0v) is 17.3. The summed E-state index contributed by atoms with van der Waals surface area (Å²) in [5.74, 6) is 1.03. The van der Waals surface area contributed by atoms with Gasteiger partial charge < -0.3 is 9.32 Å². The Hall–Kier alpha value is -2.51. The molecular weight excluding hydrogens is 389 g/mol. The Kier molecular flexibility index (Phi) is 6.06. The second-order valence-electron chi connectivity index (χ2n) is 7.26. The molecule has 0 radical (unpaired) electrons. The minimum atomic E-state index is -0.310. The Morgan fingerprint density at radius 3 is 2.69 bits per heavy atom. The number of piperazine rings is 1. The Balaban J connectivity index is 1.25. The van der Waals surface area contributed by atoms with Crippen LogP contribution in [0.3, 0.4) is 0 Å². The summed E-state index contributed by atoms with van der Waals surface area (Å²) in [6.45, 7) is 6.06. The number of thiazole rings is 1. The van der Waals surface area contributed by atoms with E-state index in [-0.39, 0.29) is 11.7 Å². The second-order valence-corrected chi connectivity index (χ2v) is 8.32. The van der Waals surface area contributed by atoms with E-state index >= 15 is 0 Å². The number of aromatic nitrogens is 1. The number of carbonyl (C=O) groups is 1. The topological polar surface area (TPSA) is 49.6 Å². The van der Waals surface area contributed by atoms with Crippen molar-refractivity contribution in [2.75, 3.05) is 26.2 Å². The van der Waals surface area contributed by atoms with Crippen LogP contribution in [0.1, 0.15) is 22.9 Å². The Morgan fingerprint density at radius 1 is 1.17 bits per heavy atom. The molecule has 1 aromatic carbocycles. The summed E-state index contributed by atoms with van der Waals surface area (Å²) in [5.41, 5.74) is 1.55. The SMILES string of the molecule is Cc1nc(CN2CCN(C(=O)CCc3ccc(-c4ccccc4F)o3)CC2)cs1. The number of rotatable bonds is 6. The third-order valence-electron chi connectivity index (χ3n) is 5.16. The van der Waals surface area contributed by atoms with E-state index in [0.29, 0.717) is 29.9 Å². The lowest BCUT2D eigenvalue weighted by Gasteiger charge is -2.34. The molecule has 1 aliphatic heterocycles. The van der Waals surface area contributed by atoms with Crippen molar-refractivity contribution in [1.82, 2.24) is 14.8 Å². The zero-order valence-electron chi connectivity index (χ0n) is 16.4. The normalized spacial score (nSPS) is 15.0. The van der Waals surface area contributed by atoms with Crippen LogP contribution in [-0.4, -0.2) is 46.9 Å². The molecule has 0 bridgehead atoms. The fourth-order valence-corrected chi connectivity index (χ4v) is 4.18. The maximum atomic E-state index is 13.9. The minimum Gasteiger partial charge on any atom is -0.461 e. The molecule has 0 aliphatic carbocycles. The van der Waals surface area contributed by atoms with Gasteiger partial charge in [-0.05, 0) is 31.2 Å². The molecule has 1 aliphatic rings. The number of halogens is 1. The molecule has 152 valence electrons. The summed E-state index contributed by atoms with van der Waals surface area (Å²) in [4.78, 5) is 21.3. The van der Waals surface area contributed by atoms with E-state index in [2.05, 4.69) is 15.3 Å². The molecule has 2 aromatic heterocycles. The lowest BCUT2D eigenvalue weighted by Crippen LogP contribution is -2.48. The van der Waals surface area contributed by atoms with E-state index in [1.54, 1.807) is 35.6 Å². The number of furan rings is 1. The van der Waals surface area contributed by atoms with E-state index in [0.717, 1.165) is 43.4 Å². The largest absolute Gasteiger partial charge is 0.461 e. The summed E-state index contributed by atoms with van der Waals surface area (Å²) in [5, 5.41) is 3.19. The van der Waals surface area contributed by atoms with Crippen LogP contribution in [0.25, 0.3) is 11.3 Å². The van der Waals surface area contributed by atoms with Crippen molar-refractivity contribution < 1.29 is 13.6 Å². The van der Waals surface area contributed by atoms with E-state index in [4.69, 9.17) is 4.42 Å². The van der Waals surface area contributed by atoms with Crippen LogP contribution in [0.5, 0.6) is 0 Å². The Bertz CT molecular complexity index is 976. The number of aryl methyl sites for hydroxylation is 2. The zero-order chi connectivity index (χ0) is 20.2. The molecule has 3 heterocycles. The average molecular weight is 414 g/mol. The second kappa shape index (κ2) is 8.88. The Labute approximate surface area is 173 Å². The summed E-state index contributed by atoms with van der Waals surface area (Å²) in [7, 11) is 0. The quantitative estimate of drug-likeness (QED) is 0.610. The van der Waals surface area contributed by atoms with E-state index in [9.17, 15) is 9.18 Å². The van der Waals surface area contributed by atoms with Gasteiger partial charge in [0.15, 0.2) is 0 Å². The summed E-state index contributed by atoms with van der Waals surface area (Å²) in [6.07, 6.45) is 0.918. The number of hydrogen-bond donors (Lipinski definition) is 0. The predicted molar refractivity (Wildman–Crippen MR) is 111 cm³/mol. The predicted octanol–water partition coefficient (Wildman–Crippen LogP) is 4.13. The molecule has 7 heteroatoms. The summed E-state index contributed by atoms with van der Waals surface area (Å²) >= 11 is 1.67. The van der Waals surface area contributed by atoms with Gasteiger partial charge >= 0.3 is 0 Å². The highest BCUT2D eigenvalue weighted by atomic mass is 32.1. The van der Waals surface area contributed by atoms with E-state index in [1.165, 1.54) is 6.07 Å². The molecule has 0 saturated carbocycles. The van der Waals surface area contributed by atoms with Gasteiger partial charge in [-0.1, -0.05) is 12.1 Å². The number of benzene rings is 1. The first kappa shape index (κ1) is 19.8. The van der Waals surface area contributed by atoms with Gasteiger partial charge in [0.05, 0.1) is 16.3 Å². The number of amides is 1. The van der Waals surface area contributed by atoms with Crippen molar-refractivity contribution >= 4 is 17.2 Å². The van der Waals surface area contributed by atoms with Crippen LogP contribution in [-0.2, 0) is 17.8 Å². The van der Waals surface area contributed by atoms with Crippen molar-refractivity contribution in [3.8, 4) is 11.3 Å². The Morgan fingerprint density at radius 2 is 1.97 bits per heavy atom. The number of carbonyl (C=O) groups excluding carboxylic acids is 1. The van der Waals surface area contributed by atoms with Gasteiger partial charge in [0.25, 0.3) is 0 Å². The third-order valence-corrected chi connectivity index (χ3v) is 5.99. The maximum absolute atomic E-state index is 13.9. The molecule has 1 saturated heterocycles. The molecule has 1 amide bonds. The van der Waals surface area contributed by atoms with E-state index in [1.807, 2.05) is 17.9 Å². The molecule has 0 unspecified atom stereocenters. The lowest BCUT2D eigenvalue weighted by atomic mass is 10.1. The molecule has 4 rings (SSSR count). The van der Waals surface area contributed by atoms with Gasteiger partial charge in [-0.25, -0.2) is 9.37 Å². The smallest absolute Gasteiger partial charge is 0.223 e. The molecule has 0 atom stereocenters. The van der Waals surface area contributed by atoms with Crippen LogP contribution < -0.4 is 0 Å². The fraction of sp³-hybridized carbons (Fsp3) is 0.364. The molecule has 0 N–H and O–H groups in total. The van der Waals surface area contributed by atoms with Gasteiger partial charge in [0.1, 0.15) is 17.3 Å². The van der Waals surface area contributed by atoms with Crippen LogP contribution in [0.2, 0.25) is 0 Å². The highest BCUT2D eigenvalue weighted by Gasteiger charge is 2.22. The summed E-state index contributed by atoms with van der Waals surface area (Å²) < 4.78 is 19.6. The lowest BCUT2D eigenvalue weighted by molar-refractivity contribution is -0.133. The maximum Gasteiger partial charge on any atom is 0.223 e. The van der Waals surface area contributed by atoms with Crippen molar-refractivity contribution in [2.45, 2.75) is 26.3 Å². The van der Waals surface area contributed by atoms with Gasteiger partial charge in [-0.15, -0.1) is 11.3 Å². The van der Waals surface area contributed by atoms with Gasteiger partial charge in [-0.2, -0.15) is 0 Å². The standard InChI is InChI=1S/C22H24FN3O2S/c1-16-24-17(15-29-16)14-25-10-12-26(13-11-25)22(27)9-7-18-6-8-21(28-18)19-4-2-3-5-20(19)23/h2-6,8,15H,7,9-14H2,1H3. The average Bonchev–Trinajstić information content (AvgIpc) is 3.36. The van der Waals surface area contributed by atoms with Crippen molar-refractivity contribution in [2.24, 2.45) is 0 Å². The molecule has 1 fully saturated rings. The van der Waals surface area contributed by atoms with Gasteiger partial charge in [0, 0.05) is 50.9 Å². The van der Waals surface area contributed by atoms with Gasteiger partial charge in [0.2, 0.25) is 5.91 Å². The molecular formula is C22H24FN3O2S. The van der Waals surface area contributed by atoms with Crippen LogP contribution in [0.15, 0.2) is 46.2 Å². The first-order valence-corrected chi connectivity index (χ1v) is 10.7.